The average Bonchev–Trinajstić information content (AvgIpc) is 2.33. The highest BCUT2D eigenvalue weighted by Gasteiger charge is 2.11. The minimum Gasteiger partial charge on any atom is -0.298 e. The Labute approximate surface area is 102 Å². The van der Waals surface area contributed by atoms with Gasteiger partial charge in [0.2, 0.25) is 0 Å². The van der Waals surface area contributed by atoms with Gasteiger partial charge in [0.25, 0.3) is 0 Å². The smallest absolute Gasteiger partial charge is 0.141 e. The number of nitriles is 1. The highest BCUT2D eigenvalue weighted by Crippen LogP contribution is 2.20. The second-order valence-electron chi connectivity index (χ2n) is 3.14. The second-order valence-corrected chi connectivity index (χ2v) is 3.55. The third-order valence-electron chi connectivity index (χ3n) is 2.03. The zero-order valence-corrected chi connectivity index (χ0v) is 9.52. The van der Waals surface area contributed by atoms with Crippen molar-refractivity contribution in [1.29, 1.82) is 5.26 Å². The lowest BCUT2D eigenvalue weighted by molar-refractivity contribution is 0.617. The van der Waals surface area contributed by atoms with Gasteiger partial charge in [-0.2, -0.15) is 5.26 Å². The average molecular weight is 254 g/mol. The Balaban J connectivity index is 2.70. The molecule has 1 aromatic rings. The van der Waals surface area contributed by atoms with Crippen LogP contribution >= 0.6 is 11.6 Å². The van der Waals surface area contributed by atoms with Gasteiger partial charge in [-0.3, -0.25) is 5.32 Å². The molecule has 0 aliphatic rings. The molecule has 0 aromatic heterocycles. The molecule has 0 saturated carbocycles. The Kier molecular flexibility index (Phi) is 5.24. The highest BCUT2D eigenvalue weighted by molar-refractivity contribution is 6.30. The number of halogens is 2. The largest absolute Gasteiger partial charge is 0.298 e. The van der Waals surface area contributed by atoms with Gasteiger partial charge in [0.1, 0.15) is 11.9 Å². The topological polar surface area (TPSA) is 84.6 Å². The second kappa shape index (κ2) is 6.71. The van der Waals surface area contributed by atoms with Gasteiger partial charge in [0.15, 0.2) is 0 Å². The Bertz CT molecular complexity index is 478. The van der Waals surface area contributed by atoms with Crippen LogP contribution in [-0.2, 0) is 0 Å². The van der Waals surface area contributed by atoms with Gasteiger partial charge in [-0.15, -0.1) is 0 Å². The number of nitrogens with one attached hydrogen (secondary N) is 1. The SMILES string of the molecule is N#CC(NCCN=[N+]=[N-])c1ccc(F)c(Cl)c1. The van der Waals surface area contributed by atoms with Gasteiger partial charge >= 0.3 is 0 Å². The molecule has 1 unspecified atom stereocenters. The van der Waals surface area contributed by atoms with Crippen molar-refractivity contribution in [3.8, 4) is 6.07 Å². The maximum Gasteiger partial charge on any atom is 0.141 e. The first-order valence-electron chi connectivity index (χ1n) is 4.78. The third kappa shape index (κ3) is 3.93. The molecule has 1 N–H and O–H groups in total. The Morgan fingerprint density at radius 1 is 1.65 bits per heavy atom. The number of azide groups is 1. The molecule has 0 amide bonds. The van der Waals surface area contributed by atoms with Crippen LogP contribution in [0.15, 0.2) is 23.3 Å². The van der Waals surface area contributed by atoms with Crippen molar-refractivity contribution in [1.82, 2.24) is 5.32 Å². The molecule has 0 saturated heterocycles. The summed E-state index contributed by atoms with van der Waals surface area (Å²) in [7, 11) is 0. The molecular weight excluding hydrogens is 245 g/mol. The van der Waals surface area contributed by atoms with Crippen molar-refractivity contribution in [2.45, 2.75) is 6.04 Å². The van der Waals surface area contributed by atoms with Crippen molar-refractivity contribution in [3.63, 3.8) is 0 Å². The van der Waals surface area contributed by atoms with E-state index in [4.69, 9.17) is 22.4 Å². The first-order chi connectivity index (χ1) is 8.19. The molecule has 0 spiro atoms. The van der Waals surface area contributed by atoms with Crippen molar-refractivity contribution in [2.75, 3.05) is 13.1 Å². The minimum atomic E-state index is -0.609. The van der Waals surface area contributed by atoms with E-state index in [1.165, 1.54) is 18.2 Å². The van der Waals surface area contributed by atoms with Crippen molar-refractivity contribution >= 4 is 11.6 Å². The maximum absolute atomic E-state index is 12.9. The van der Waals surface area contributed by atoms with E-state index in [9.17, 15) is 4.39 Å². The summed E-state index contributed by atoms with van der Waals surface area (Å²) >= 11 is 5.62. The Morgan fingerprint density at radius 2 is 2.41 bits per heavy atom. The summed E-state index contributed by atoms with van der Waals surface area (Å²) in [5.74, 6) is -0.527. The van der Waals surface area contributed by atoms with E-state index >= 15 is 0 Å². The number of nitrogens with zero attached hydrogens (tertiary/aromatic N) is 4. The van der Waals surface area contributed by atoms with E-state index in [0.717, 1.165) is 0 Å². The molecular formula is C10H9ClFN5. The number of hydrogen-bond donors (Lipinski definition) is 1. The van der Waals surface area contributed by atoms with E-state index in [2.05, 4.69) is 15.3 Å². The molecule has 17 heavy (non-hydrogen) atoms. The summed E-state index contributed by atoms with van der Waals surface area (Å²) < 4.78 is 12.9. The molecule has 1 rings (SSSR count). The lowest BCUT2D eigenvalue weighted by Crippen LogP contribution is -2.22. The van der Waals surface area contributed by atoms with Crippen molar-refractivity contribution in [2.24, 2.45) is 5.11 Å². The van der Waals surface area contributed by atoms with Gasteiger partial charge < -0.3 is 0 Å². The molecule has 0 radical (unpaired) electrons. The number of rotatable bonds is 5. The lowest BCUT2D eigenvalue weighted by Gasteiger charge is -2.11. The molecule has 0 fully saturated rings. The zero-order chi connectivity index (χ0) is 12.7. The van der Waals surface area contributed by atoms with Gasteiger partial charge in [-0.1, -0.05) is 22.8 Å². The maximum atomic E-state index is 12.9. The normalized spacial score (nSPS) is 11.4. The van der Waals surface area contributed by atoms with Crippen LogP contribution in [0, 0.1) is 17.1 Å². The zero-order valence-electron chi connectivity index (χ0n) is 8.77. The van der Waals surface area contributed by atoms with Crippen LogP contribution < -0.4 is 5.32 Å². The van der Waals surface area contributed by atoms with E-state index in [1.807, 2.05) is 6.07 Å². The summed E-state index contributed by atoms with van der Waals surface area (Å²) in [4.78, 5) is 2.59. The molecule has 7 heteroatoms. The quantitative estimate of drug-likeness (QED) is 0.379. The van der Waals surface area contributed by atoms with Gasteiger partial charge in [0, 0.05) is 18.0 Å². The molecule has 88 valence electrons. The lowest BCUT2D eigenvalue weighted by atomic mass is 10.1. The first kappa shape index (κ1) is 13.3. The Morgan fingerprint density at radius 3 is 3.00 bits per heavy atom. The van der Waals surface area contributed by atoms with Crippen molar-refractivity contribution in [3.05, 3.63) is 45.0 Å². The molecule has 1 aromatic carbocycles. The van der Waals surface area contributed by atoms with Crippen LogP contribution in [0.3, 0.4) is 0 Å². The molecule has 0 aliphatic carbocycles. The summed E-state index contributed by atoms with van der Waals surface area (Å²) in [6, 6.07) is 5.49. The predicted molar refractivity (Wildman–Crippen MR) is 61.8 cm³/mol. The van der Waals surface area contributed by atoms with Crippen LogP contribution in [0.1, 0.15) is 11.6 Å². The van der Waals surface area contributed by atoms with E-state index in [-0.39, 0.29) is 11.6 Å². The predicted octanol–water partition coefficient (Wildman–Crippen LogP) is 2.94. The fourth-order valence-electron chi connectivity index (χ4n) is 1.23. The molecule has 0 aliphatic heterocycles. The molecule has 0 bridgehead atoms. The minimum absolute atomic E-state index is 0.0282. The van der Waals surface area contributed by atoms with Crippen LogP contribution in [0.4, 0.5) is 4.39 Å². The van der Waals surface area contributed by atoms with E-state index < -0.39 is 11.9 Å². The summed E-state index contributed by atoms with van der Waals surface area (Å²) in [5, 5.41) is 15.1. The first-order valence-corrected chi connectivity index (χ1v) is 5.15. The summed E-state index contributed by atoms with van der Waals surface area (Å²) in [6.45, 7) is 0.598. The van der Waals surface area contributed by atoms with Gasteiger partial charge in [-0.25, -0.2) is 4.39 Å². The van der Waals surface area contributed by atoms with Crippen LogP contribution in [0.5, 0.6) is 0 Å². The Hall–Kier alpha value is -1.80. The fraction of sp³-hybridized carbons (Fsp3) is 0.300. The number of benzene rings is 1. The van der Waals surface area contributed by atoms with Gasteiger partial charge in [0.05, 0.1) is 11.1 Å². The summed E-state index contributed by atoms with van der Waals surface area (Å²) in [6.07, 6.45) is 0. The fourth-order valence-corrected chi connectivity index (χ4v) is 1.42. The highest BCUT2D eigenvalue weighted by atomic mass is 35.5. The third-order valence-corrected chi connectivity index (χ3v) is 2.32. The van der Waals surface area contributed by atoms with E-state index in [1.54, 1.807) is 0 Å². The van der Waals surface area contributed by atoms with Crippen molar-refractivity contribution < 1.29 is 4.39 Å². The van der Waals surface area contributed by atoms with E-state index in [0.29, 0.717) is 12.1 Å². The van der Waals surface area contributed by atoms with Crippen LogP contribution in [0.2, 0.25) is 5.02 Å². The standard InChI is InChI=1S/C10H9ClFN5/c11-8-5-7(1-2-9(8)12)10(6-13)15-3-4-16-17-14/h1-2,5,10,15H,3-4H2. The van der Waals surface area contributed by atoms with Crippen LogP contribution in [0.25, 0.3) is 10.4 Å². The molecule has 5 nitrogen and oxygen atoms in total. The molecule has 1 atom stereocenters. The number of hydrogen-bond acceptors (Lipinski definition) is 3. The monoisotopic (exact) mass is 253 g/mol. The molecule has 0 heterocycles. The summed E-state index contributed by atoms with van der Waals surface area (Å²) in [5.41, 5.74) is 8.65. The van der Waals surface area contributed by atoms with Crippen LogP contribution in [-0.4, -0.2) is 13.1 Å². The van der Waals surface area contributed by atoms with Gasteiger partial charge in [-0.05, 0) is 23.2 Å².